The molecule has 2 aliphatic heterocycles. The first-order chi connectivity index (χ1) is 17.5. The highest BCUT2D eigenvalue weighted by Crippen LogP contribution is 2.28. The number of rotatable bonds is 10. The fourth-order valence-corrected chi connectivity index (χ4v) is 4.84. The molecule has 0 saturated carbocycles. The van der Waals surface area contributed by atoms with Gasteiger partial charge in [-0.05, 0) is 41.8 Å². The number of methoxy groups -OCH3 is 2. The van der Waals surface area contributed by atoms with Crippen LogP contribution in [0, 0.1) is 11.7 Å². The van der Waals surface area contributed by atoms with E-state index in [2.05, 4.69) is 10.2 Å². The first-order valence-electron chi connectivity index (χ1n) is 12.3. The van der Waals surface area contributed by atoms with Gasteiger partial charge in [0.15, 0.2) is 11.5 Å². The topological polar surface area (TPSA) is 80.3 Å². The number of benzene rings is 2. The minimum Gasteiger partial charge on any atom is -0.493 e. The van der Waals surface area contributed by atoms with E-state index < -0.39 is 0 Å². The molecule has 0 aromatic heterocycles. The average molecular weight is 500 g/mol. The van der Waals surface area contributed by atoms with Crippen LogP contribution in [-0.4, -0.2) is 81.8 Å². The molecule has 2 aromatic carbocycles. The molecule has 2 aliphatic rings. The number of hydrogen-bond donors (Lipinski definition) is 1. The third-order valence-electron chi connectivity index (χ3n) is 6.91. The molecule has 9 heteroatoms. The molecule has 2 unspecified atom stereocenters. The van der Waals surface area contributed by atoms with Crippen LogP contribution in [0.4, 0.5) is 4.39 Å². The van der Waals surface area contributed by atoms with E-state index in [9.17, 15) is 14.0 Å². The van der Waals surface area contributed by atoms with E-state index in [0.29, 0.717) is 50.8 Å². The van der Waals surface area contributed by atoms with Gasteiger partial charge in [-0.3, -0.25) is 14.5 Å². The number of amides is 2. The lowest BCUT2D eigenvalue weighted by Crippen LogP contribution is -2.45. The van der Waals surface area contributed by atoms with Gasteiger partial charge in [-0.2, -0.15) is 0 Å². The maximum absolute atomic E-state index is 13.5. The molecule has 2 aromatic rings. The number of hydrogen-bond acceptors (Lipinski definition) is 6. The Morgan fingerprint density at radius 3 is 2.53 bits per heavy atom. The van der Waals surface area contributed by atoms with Crippen molar-refractivity contribution in [3.63, 3.8) is 0 Å². The van der Waals surface area contributed by atoms with Crippen molar-refractivity contribution in [1.82, 2.24) is 15.1 Å². The lowest BCUT2D eigenvalue weighted by molar-refractivity contribution is -0.129. The van der Waals surface area contributed by atoms with E-state index >= 15 is 0 Å². The molecule has 2 atom stereocenters. The van der Waals surface area contributed by atoms with Crippen LogP contribution < -0.4 is 14.8 Å². The highest BCUT2D eigenvalue weighted by atomic mass is 19.1. The first-order valence-corrected chi connectivity index (χ1v) is 12.3. The van der Waals surface area contributed by atoms with Crippen LogP contribution >= 0.6 is 0 Å². The van der Waals surface area contributed by atoms with Gasteiger partial charge in [-0.1, -0.05) is 18.2 Å². The molecule has 0 bridgehead atoms. The molecular formula is C27H34FN3O5. The van der Waals surface area contributed by atoms with Crippen molar-refractivity contribution < 1.29 is 28.2 Å². The Morgan fingerprint density at radius 1 is 1.11 bits per heavy atom. The monoisotopic (exact) mass is 499 g/mol. The highest BCUT2D eigenvalue weighted by Gasteiger charge is 2.34. The summed E-state index contributed by atoms with van der Waals surface area (Å²) in [5.41, 5.74) is 1.97. The standard InChI is InChI=1S/C27H34FN3O5/c1-34-24-8-3-19(15-25(24)35-2)9-10-31-18-21(16-26(31)32)27(33)29-17-23(30-11-13-36-14-12-30)20-4-6-22(28)7-5-20/h3-8,15,21,23H,9-14,16-18H2,1-2H3,(H,29,33). The fourth-order valence-electron chi connectivity index (χ4n) is 4.84. The quantitative estimate of drug-likeness (QED) is 0.541. The van der Waals surface area contributed by atoms with Gasteiger partial charge < -0.3 is 24.4 Å². The second-order valence-corrected chi connectivity index (χ2v) is 9.14. The van der Waals surface area contributed by atoms with Gasteiger partial charge >= 0.3 is 0 Å². The van der Waals surface area contributed by atoms with Crippen molar-refractivity contribution in [2.24, 2.45) is 5.92 Å². The summed E-state index contributed by atoms with van der Waals surface area (Å²) in [5, 5.41) is 3.05. The number of nitrogens with zero attached hydrogens (tertiary/aromatic N) is 2. The van der Waals surface area contributed by atoms with Gasteiger partial charge in [-0.15, -0.1) is 0 Å². The Morgan fingerprint density at radius 2 is 1.83 bits per heavy atom. The molecule has 2 heterocycles. The predicted molar refractivity (Wildman–Crippen MR) is 132 cm³/mol. The number of carbonyl (C=O) groups excluding carboxylic acids is 2. The van der Waals surface area contributed by atoms with Gasteiger partial charge in [0, 0.05) is 39.1 Å². The zero-order valence-corrected chi connectivity index (χ0v) is 20.9. The van der Waals surface area contributed by atoms with Crippen LogP contribution in [0.15, 0.2) is 42.5 Å². The van der Waals surface area contributed by atoms with E-state index in [1.54, 1.807) is 31.3 Å². The molecule has 1 N–H and O–H groups in total. The van der Waals surface area contributed by atoms with Gasteiger partial charge in [-0.25, -0.2) is 4.39 Å². The molecule has 2 fully saturated rings. The van der Waals surface area contributed by atoms with Crippen molar-refractivity contribution in [3.8, 4) is 11.5 Å². The van der Waals surface area contributed by atoms with Gasteiger partial charge in [0.1, 0.15) is 5.82 Å². The maximum Gasteiger partial charge on any atom is 0.225 e. The van der Waals surface area contributed by atoms with Crippen LogP contribution in [0.25, 0.3) is 0 Å². The summed E-state index contributed by atoms with van der Waals surface area (Å²) in [4.78, 5) is 29.6. The van der Waals surface area contributed by atoms with Crippen LogP contribution in [0.1, 0.15) is 23.6 Å². The van der Waals surface area contributed by atoms with Crippen molar-refractivity contribution in [1.29, 1.82) is 0 Å². The Balaban J connectivity index is 1.32. The molecule has 194 valence electrons. The number of likely N-dealkylation sites (tertiary alicyclic amines) is 1. The zero-order valence-electron chi connectivity index (χ0n) is 20.9. The second kappa shape index (κ2) is 12.2. The summed E-state index contributed by atoms with van der Waals surface area (Å²) >= 11 is 0. The Hall–Kier alpha value is -3.17. The fraction of sp³-hybridized carbons (Fsp3) is 0.481. The highest BCUT2D eigenvalue weighted by molar-refractivity contribution is 5.89. The third kappa shape index (κ3) is 6.33. The number of carbonyl (C=O) groups is 2. The van der Waals surface area contributed by atoms with Crippen LogP contribution in [0.5, 0.6) is 11.5 Å². The molecular weight excluding hydrogens is 465 g/mol. The average Bonchev–Trinajstić information content (AvgIpc) is 3.29. The van der Waals surface area contributed by atoms with Crippen molar-refractivity contribution >= 4 is 11.8 Å². The van der Waals surface area contributed by atoms with Crippen molar-refractivity contribution in [2.45, 2.75) is 18.9 Å². The smallest absolute Gasteiger partial charge is 0.225 e. The Kier molecular flexibility index (Phi) is 8.77. The van der Waals surface area contributed by atoms with Crippen molar-refractivity contribution in [2.75, 3.05) is 60.2 Å². The van der Waals surface area contributed by atoms with E-state index in [4.69, 9.17) is 14.2 Å². The van der Waals surface area contributed by atoms with Crippen molar-refractivity contribution in [3.05, 3.63) is 59.4 Å². The first kappa shape index (κ1) is 25.9. The minimum atomic E-state index is -0.388. The minimum absolute atomic E-state index is 0.0149. The number of nitrogens with one attached hydrogen (secondary N) is 1. The number of ether oxygens (including phenoxy) is 3. The predicted octanol–water partition coefficient (Wildman–Crippen LogP) is 2.42. The SMILES string of the molecule is COc1ccc(CCN2CC(C(=O)NCC(c3ccc(F)cc3)N3CCOCC3)CC2=O)cc1OC. The van der Waals surface area contributed by atoms with Gasteiger partial charge in [0.2, 0.25) is 11.8 Å². The molecule has 4 rings (SSSR count). The summed E-state index contributed by atoms with van der Waals surface area (Å²) in [7, 11) is 3.18. The van der Waals surface area contributed by atoms with E-state index in [1.807, 2.05) is 18.2 Å². The third-order valence-corrected chi connectivity index (χ3v) is 6.91. The normalized spacial score (nSPS) is 19.2. The Labute approximate surface area is 211 Å². The summed E-state index contributed by atoms with van der Waals surface area (Å²) < 4.78 is 29.6. The van der Waals surface area contributed by atoms with E-state index in [1.165, 1.54) is 12.1 Å². The summed E-state index contributed by atoms with van der Waals surface area (Å²) in [6, 6.07) is 12.0. The van der Waals surface area contributed by atoms with Crippen LogP contribution in [-0.2, 0) is 20.7 Å². The lowest BCUT2D eigenvalue weighted by Gasteiger charge is -2.35. The van der Waals surface area contributed by atoms with Gasteiger partial charge in [0.05, 0.1) is 39.4 Å². The molecule has 0 spiro atoms. The Bertz CT molecular complexity index is 1040. The van der Waals surface area contributed by atoms with Crippen LogP contribution in [0.2, 0.25) is 0 Å². The molecule has 0 radical (unpaired) electrons. The van der Waals surface area contributed by atoms with Crippen LogP contribution in [0.3, 0.4) is 0 Å². The van der Waals surface area contributed by atoms with E-state index in [-0.39, 0.29) is 36.0 Å². The van der Waals surface area contributed by atoms with Gasteiger partial charge in [0.25, 0.3) is 0 Å². The summed E-state index contributed by atoms with van der Waals surface area (Å²) in [6.07, 6.45) is 0.862. The summed E-state index contributed by atoms with van der Waals surface area (Å²) in [5.74, 6) is 0.487. The number of halogens is 1. The number of morpholine rings is 1. The molecule has 2 amide bonds. The summed E-state index contributed by atoms with van der Waals surface area (Å²) in [6.45, 7) is 4.05. The zero-order chi connectivity index (χ0) is 25.5. The molecule has 2 saturated heterocycles. The molecule has 36 heavy (non-hydrogen) atoms. The lowest BCUT2D eigenvalue weighted by atomic mass is 10.0. The van der Waals surface area contributed by atoms with E-state index in [0.717, 1.165) is 24.2 Å². The largest absolute Gasteiger partial charge is 0.493 e. The second-order valence-electron chi connectivity index (χ2n) is 9.14. The molecule has 0 aliphatic carbocycles. The molecule has 8 nitrogen and oxygen atoms in total. The maximum atomic E-state index is 13.5.